The van der Waals surface area contributed by atoms with Crippen LogP contribution in [0, 0.1) is 0 Å². The van der Waals surface area contributed by atoms with Crippen molar-refractivity contribution in [1.82, 2.24) is 0 Å². The van der Waals surface area contributed by atoms with Crippen molar-refractivity contribution in [2.45, 2.75) is 0 Å². The molecule has 6 aromatic carbocycles. The summed E-state index contributed by atoms with van der Waals surface area (Å²) >= 11 is 0. The third kappa shape index (κ3) is 2.85. The zero-order chi connectivity index (χ0) is 20.8. The summed E-state index contributed by atoms with van der Waals surface area (Å²) in [5.74, 6) is 0. The summed E-state index contributed by atoms with van der Waals surface area (Å²) < 4.78 is 0. The fraction of sp³-hybridized carbons (Fsp3) is 0. The van der Waals surface area contributed by atoms with Crippen LogP contribution in [0.1, 0.15) is 0 Å². The summed E-state index contributed by atoms with van der Waals surface area (Å²) in [6.45, 7) is 0. The van der Waals surface area contributed by atoms with Gasteiger partial charge in [-0.2, -0.15) is 0 Å². The van der Waals surface area contributed by atoms with E-state index >= 15 is 0 Å². The van der Waals surface area contributed by atoms with Gasteiger partial charge in [0.25, 0.3) is 0 Å². The molecule has 0 bridgehead atoms. The third-order valence-corrected chi connectivity index (χ3v) is 6.19. The highest BCUT2D eigenvalue weighted by atomic mass is 14.2. The van der Waals surface area contributed by atoms with E-state index in [4.69, 9.17) is 7.85 Å². The molecule has 0 aliphatic rings. The maximum absolute atomic E-state index is 5.98. The molecule has 0 fully saturated rings. The summed E-state index contributed by atoms with van der Waals surface area (Å²) in [7, 11) is 5.98. The van der Waals surface area contributed by atoms with E-state index in [0.29, 0.717) is 0 Å². The molecule has 0 atom stereocenters. The van der Waals surface area contributed by atoms with E-state index in [0.717, 1.165) is 5.46 Å². The fourth-order valence-corrected chi connectivity index (χ4v) is 4.82. The van der Waals surface area contributed by atoms with Gasteiger partial charge >= 0.3 is 0 Å². The van der Waals surface area contributed by atoms with Gasteiger partial charge in [-0.25, -0.2) is 0 Å². The molecular formula is C30H19B. The lowest BCUT2D eigenvalue weighted by Gasteiger charge is -2.18. The standard InChI is InChI=1S/C30H19B/c31-22-18-16-21(17-19-22)29-25-11-3-5-13-27(25)30(28-14-6-4-12-26(28)29)24-15-7-9-20-8-1-2-10-23(20)24/h1-19H. The number of rotatable bonds is 2. The van der Waals surface area contributed by atoms with Gasteiger partial charge in [0, 0.05) is 0 Å². The van der Waals surface area contributed by atoms with Gasteiger partial charge in [0.05, 0.1) is 0 Å². The second kappa shape index (κ2) is 7.14. The third-order valence-electron chi connectivity index (χ3n) is 6.19. The summed E-state index contributed by atoms with van der Waals surface area (Å²) in [5.41, 5.74) is 5.79. The Hall–Kier alpha value is -3.84. The molecule has 1 heteroatoms. The summed E-state index contributed by atoms with van der Waals surface area (Å²) in [6.07, 6.45) is 0. The number of fused-ring (bicyclic) bond motifs is 3. The lowest BCUT2D eigenvalue weighted by molar-refractivity contribution is 1.68. The average molecular weight is 390 g/mol. The molecule has 0 aliphatic heterocycles. The van der Waals surface area contributed by atoms with Crippen molar-refractivity contribution in [3.8, 4) is 22.3 Å². The van der Waals surface area contributed by atoms with E-state index in [1.54, 1.807) is 0 Å². The average Bonchev–Trinajstić information content (AvgIpc) is 2.83. The molecule has 0 spiro atoms. The van der Waals surface area contributed by atoms with Gasteiger partial charge in [-0.15, -0.1) is 0 Å². The second-order valence-corrected chi connectivity index (χ2v) is 7.99. The Balaban J connectivity index is 1.82. The van der Waals surface area contributed by atoms with Crippen molar-refractivity contribution in [1.29, 1.82) is 0 Å². The summed E-state index contributed by atoms with van der Waals surface area (Å²) in [5, 5.41) is 7.59. The van der Waals surface area contributed by atoms with Crippen LogP contribution in [0.25, 0.3) is 54.6 Å². The second-order valence-electron chi connectivity index (χ2n) is 7.99. The molecule has 6 rings (SSSR count). The van der Waals surface area contributed by atoms with E-state index in [1.807, 2.05) is 12.1 Å². The Morgan fingerprint density at radius 1 is 0.387 bits per heavy atom. The minimum atomic E-state index is 0.782. The van der Waals surface area contributed by atoms with Crippen LogP contribution in [0.5, 0.6) is 0 Å². The molecule has 0 nitrogen and oxygen atoms in total. The van der Waals surface area contributed by atoms with E-state index in [1.165, 1.54) is 54.6 Å². The largest absolute Gasteiger partial charge is 0.113 e. The number of hydrogen-bond acceptors (Lipinski definition) is 0. The molecule has 0 aromatic heterocycles. The molecule has 0 N–H and O–H groups in total. The SMILES string of the molecule is [B]c1ccc(-c2c3ccccc3c(-c3cccc4ccccc34)c3ccccc23)cc1. The first kappa shape index (κ1) is 18.0. The number of hydrogen-bond donors (Lipinski definition) is 0. The van der Waals surface area contributed by atoms with Crippen LogP contribution in [0.3, 0.4) is 0 Å². The lowest BCUT2D eigenvalue weighted by atomic mass is 9.84. The van der Waals surface area contributed by atoms with Crippen molar-refractivity contribution in [3.63, 3.8) is 0 Å². The Bertz CT molecular complexity index is 1510. The molecule has 2 radical (unpaired) electrons. The molecular weight excluding hydrogens is 371 g/mol. The van der Waals surface area contributed by atoms with Gasteiger partial charge in [0.1, 0.15) is 7.85 Å². The van der Waals surface area contributed by atoms with Crippen molar-refractivity contribution < 1.29 is 0 Å². The van der Waals surface area contributed by atoms with E-state index in [2.05, 4.69) is 103 Å². The lowest BCUT2D eigenvalue weighted by Crippen LogP contribution is -1.99. The van der Waals surface area contributed by atoms with Crippen molar-refractivity contribution in [3.05, 3.63) is 115 Å². The van der Waals surface area contributed by atoms with Gasteiger partial charge in [-0.1, -0.05) is 121 Å². The predicted octanol–water partition coefficient (Wildman–Crippen LogP) is 7.27. The quantitative estimate of drug-likeness (QED) is 0.215. The molecule has 0 heterocycles. The van der Waals surface area contributed by atoms with E-state index in [-0.39, 0.29) is 0 Å². The molecule has 0 unspecified atom stereocenters. The minimum Gasteiger partial charge on any atom is -0.0966 e. The first-order chi connectivity index (χ1) is 15.3. The Kier molecular flexibility index (Phi) is 4.14. The topological polar surface area (TPSA) is 0 Å². The molecule has 0 amide bonds. The zero-order valence-electron chi connectivity index (χ0n) is 17.0. The molecule has 0 saturated carbocycles. The van der Waals surface area contributed by atoms with Crippen molar-refractivity contribution >= 4 is 45.6 Å². The zero-order valence-corrected chi connectivity index (χ0v) is 17.0. The first-order valence-corrected chi connectivity index (χ1v) is 10.6. The molecule has 142 valence electrons. The van der Waals surface area contributed by atoms with Gasteiger partial charge in [-0.05, 0) is 54.6 Å². The van der Waals surface area contributed by atoms with E-state index in [9.17, 15) is 0 Å². The van der Waals surface area contributed by atoms with Crippen LogP contribution in [0.15, 0.2) is 115 Å². The van der Waals surface area contributed by atoms with Crippen LogP contribution in [-0.4, -0.2) is 7.85 Å². The molecule has 31 heavy (non-hydrogen) atoms. The van der Waals surface area contributed by atoms with Gasteiger partial charge in [-0.3, -0.25) is 0 Å². The summed E-state index contributed by atoms with van der Waals surface area (Å²) in [6, 6.07) is 41.0. The Morgan fingerprint density at radius 3 is 1.48 bits per heavy atom. The monoisotopic (exact) mass is 390 g/mol. The Labute approximate surface area is 183 Å². The maximum Gasteiger partial charge on any atom is 0.113 e. The normalized spacial score (nSPS) is 11.4. The fourth-order valence-electron chi connectivity index (χ4n) is 4.82. The number of benzene rings is 6. The highest BCUT2D eigenvalue weighted by Gasteiger charge is 2.17. The highest BCUT2D eigenvalue weighted by molar-refractivity contribution is 6.32. The Morgan fingerprint density at radius 2 is 0.871 bits per heavy atom. The molecule has 0 saturated heterocycles. The predicted molar refractivity (Wildman–Crippen MR) is 135 cm³/mol. The van der Waals surface area contributed by atoms with Crippen LogP contribution in [-0.2, 0) is 0 Å². The minimum absolute atomic E-state index is 0.782. The highest BCUT2D eigenvalue weighted by Crippen LogP contribution is 2.44. The van der Waals surface area contributed by atoms with Gasteiger partial charge in [0.15, 0.2) is 0 Å². The van der Waals surface area contributed by atoms with Crippen molar-refractivity contribution in [2.24, 2.45) is 0 Å². The van der Waals surface area contributed by atoms with Crippen LogP contribution < -0.4 is 5.46 Å². The van der Waals surface area contributed by atoms with Crippen molar-refractivity contribution in [2.75, 3.05) is 0 Å². The van der Waals surface area contributed by atoms with Crippen LogP contribution in [0.4, 0.5) is 0 Å². The summed E-state index contributed by atoms with van der Waals surface area (Å²) in [4.78, 5) is 0. The smallest absolute Gasteiger partial charge is 0.0966 e. The molecule has 0 aliphatic carbocycles. The van der Waals surface area contributed by atoms with Gasteiger partial charge in [0.2, 0.25) is 0 Å². The van der Waals surface area contributed by atoms with E-state index < -0.39 is 0 Å². The first-order valence-electron chi connectivity index (χ1n) is 10.6. The van der Waals surface area contributed by atoms with Gasteiger partial charge < -0.3 is 0 Å². The molecule has 6 aromatic rings. The van der Waals surface area contributed by atoms with Crippen LogP contribution >= 0.6 is 0 Å². The van der Waals surface area contributed by atoms with Crippen LogP contribution in [0.2, 0.25) is 0 Å². The maximum atomic E-state index is 5.98.